The van der Waals surface area contributed by atoms with Crippen LogP contribution in [0.15, 0.2) is 52.0 Å². The number of fused-ring (bicyclic) bond motifs is 1. The minimum absolute atomic E-state index is 0.0993. The van der Waals surface area contributed by atoms with Crippen molar-refractivity contribution in [3.05, 3.63) is 58.4 Å². The number of rotatable bonds is 4. The van der Waals surface area contributed by atoms with Crippen molar-refractivity contribution in [2.45, 2.75) is 17.5 Å². The highest BCUT2D eigenvalue weighted by molar-refractivity contribution is 9.10. The Morgan fingerprint density at radius 3 is 2.26 bits per heavy atom. The number of amides is 1. The van der Waals surface area contributed by atoms with E-state index in [1.165, 1.54) is 23.1 Å². The highest BCUT2D eigenvalue weighted by Crippen LogP contribution is 2.40. The van der Waals surface area contributed by atoms with E-state index in [1.807, 2.05) is 0 Å². The molecule has 1 amide bonds. The summed E-state index contributed by atoms with van der Waals surface area (Å²) in [4.78, 5) is 13.2. The Morgan fingerprint density at radius 2 is 1.69 bits per heavy atom. The van der Waals surface area contributed by atoms with Gasteiger partial charge in [-0.05, 0) is 30.3 Å². The smallest absolute Gasteiger partial charge is 0.367 e. The van der Waals surface area contributed by atoms with Gasteiger partial charge in [-0.25, -0.2) is 25.6 Å². The normalized spacial score (nSPS) is 15.3. The zero-order valence-corrected chi connectivity index (χ0v) is 20.0. The standard InChI is InChI=1S/C21H16BrF6N3O3S/c22-12-8-16(29-4-6-30(7-5-29)20(32)21(26,27)28)18-15(19(24)25)11-31(17(18)9-12)35(33,34)14-3-1-2-13(23)10-14/h1-3,8-11,19H,4-7H2. The fourth-order valence-corrected chi connectivity index (χ4v) is 5.82. The molecule has 35 heavy (non-hydrogen) atoms. The third-order valence-electron chi connectivity index (χ3n) is 5.58. The topological polar surface area (TPSA) is 62.6 Å². The maximum absolute atomic E-state index is 14.0. The Balaban J connectivity index is 1.81. The number of nitrogens with zero attached hydrogens (tertiary/aromatic N) is 3. The quantitative estimate of drug-likeness (QED) is 0.409. The van der Waals surface area contributed by atoms with Crippen LogP contribution < -0.4 is 4.90 Å². The second kappa shape index (κ2) is 9.04. The average molecular weight is 584 g/mol. The van der Waals surface area contributed by atoms with Crippen LogP contribution in [-0.2, 0) is 14.8 Å². The van der Waals surface area contributed by atoms with Crippen LogP contribution >= 0.6 is 15.9 Å². The second-order valence-electron chi connectivity index (χ2n) is 7.74. The molecule has 0 unspecified atom stereocenters. The predicted octanol–water partition coefficient (Wildman–Crippen LogP) is 4.93. The summed E-state index contributed by atoms with van der Waals surface area (Å²) >= 11 is 3.23. The average Bonchev–Trinajstić information content (AvgIpc) is 3.18. The Bertz CT molecular complexity index is 1400. The molecular weight excluding hydrogens is 568 g/mol. The zero-order chi connectivity index (χ0) is 25.7. The molecule has 1 fully saturated rings. The van der Waals surface area contributed by atoms with E-state index in [0.717, 1.165) is 24.4 Å². The largest absolute Gasteiger partial charge is 0.471 e. The number of benzene rings is 2. The first-order chi connectivity index (χ1) is 16.3. The van der Waals surface area contributed by atoms with E-state index in [1.54, 1.807) is 0 Å². The molecular formula is C21H16BrF6N3O3S. The van der Waals surface area contributed by atoms with Crippen molar-refractivity contribution in [3.63, 3.8) is 0 Å². The van der Waals surface area contributed by atoms with Gasteiger partial charge in [0.2, 0.25) is 0 Å². The number of aromatic nitrogens is 1. The van der Waals surface area contributed by atoms with Gasteiger partial charge in [-0.15, -0.1) is 0 Å². The highest BCUT2D eigenvalue weighted by Gasteiger charge is 2.43. The molecule has 1 aromatic heterocycles. The fraction of sp³-hybridized carbons (Fsp3) is 0.286. The van der Waals surface area contributed by atoms with Crippen molar-refractivity contribution in [2.24, 2.45) is 0 Å². The van der Waals surface area contributed by atoms with Crippen molar-refractivity contribution < 1.29 is 39.6 Å². The van der Waals surface area contributed by atoms with Gasteiger partial charge in [-0.3, -0.25) is 4.79 Å². The van der Waals surface area contributed by atoms with E-state index in [4.69, 9.17) is 0 Å². The lowest BCUT2D eigenvalue weighted by Crippen LogP contribution is -2.52. The SMILES string of the molecule is O=C(N1CCN(c2cc(Br)cc3c2c(C(F)F)cn3S(=O)(=O)c2cccc(F)c2)CC1)C(F)(F)F. The first kappa shape index (κ1) is 25.4. The summed E-state index contributed by atoms with van der Waals surface area (Å²) in [5, 5.41) is -0.112. The monoisotopic (exact) mass is 583 g/mol. The molecule has 6 nitrogen and oxygen atoms in total. The maximum Gasteiger partial charge on any atom is 0.471 e. The minimum atomic E-state index is -5.03. The van der Waals surface area contributed by atoms with Crippen LogP contribution in [0.4, 0.5) is 32.0 Å². The third-order valence-corrected chi connectivity index (χ3v) is 7.71. The summed E-state index contributed by atoms with van der Waals surface area (Å²) in [5.41, 5.74) is -0.573. The van der Waals surface area contributed by atoms with Crippen LogP contribution in [0, 0.1) is 5.82 Å². The van der Waals surface area contributed by atoms with Crippen molar-refractivity contribution >= 4 is 48.5 Å². The molecule has 4 rings (SSSR count). The molecule has 2 aromatic carbocycles. The van der Waals surface area contributed by atoms with Crippen LogP contribution in [0.1, 0.15) is 12.0 Å². The first-order valence-electron chi connectivity index (χ1n) is 10.1. The van der Waals surface area contributed by atoms with E-state index in [-0.39, 0.29) is 42.8 Å². The van der Waals surface area contributed by atoms with Crippen LogP contribution in [-0.4, -0.2) is 55.6 Å². The first-order valence-corrected chi connectivity index (χ1v) is 12.3. The molecule has 0 N–H and O–H groups in total. The van der Waals surface area contributed by atoms with Gasteiger partial charge in [0.25, 0.3) is 16.4 Å². The molecule has 0 atom stereocenters. The van der Waals surface area contributed by atoms with Crippen LogP contribution in [0.2, 0.25) is 0 Å². The summed E-state index contributed by atoms with van der Waals surface area (Å²) < 4.78 is 107. The lowest BCUT2D eigenvalue weighted by molar-refractivity contribution is -0.185. The molecule has 0 radical (unpaired) electrons. The molecule has 1 aliphatic rings. The number of carbonyl (C=O) groups excluding carboxylic acids is 1. The van der Waals surface area contributed by atoms with Gasteiger partial charge < -0.3 is 9.80 Å². The van der Waals surface area contributed by atoms with Gasteiger partial charge in [0.1, 0.15) is 5.82 Å². The molecule has 0 spiro atoms. The highest BCUT2D eigenvalue weighted by atomic mass is 79.9. The number of hydrogen-bond acceptors (Lipinski definition) is 4. The molecule has 2 heterocycles. The van der Waals surface area contributed by atoms with Gasteiger partial charge >= 0.3 is 12.1 Å². The van der Waals surface area contributed by atoms with Crippen molar-refractivity contribution in [2.75, 3.05) is 31.1 Å². The number of hydrogen-bond donors (Lipinski definition) is 0. The zero-order valence-electron chi connectivity index (χ0n) is 17.6. The molecule has 0 aliphatic carbocycles. The fourth-order valence-electron chi connectivity index (χ4n) is 3.99. The van der Waals surface area contributed by atoms with Crippen LogP contribution in [0.3, 0.4) is 0 Å². The Hall–Kier alpha value is -2.74. The summed E-state index contributed by atoms with van der Waals surface area (Å²) in [6.07, 6.45) is -7.36. The van der Waals surface area contributed by atoms with Gasteiger partial charge in [-0.2, -0.15) is 13.2 Å². The van der Waals surface area contributed by atoms with E-state index >= 15 is 0 Å². The summed E-state index contributed by atoms with van der Waals surface area (Å²) in [5.74, 6) is -2.82. The van der Waals surface area contributed by atoms with Crippen LogP contribution in [0.5, 0.6) is 0 Å². The lowest BCUT2D eigenvalue weighted by atomic mass is 10.1. The predicted molar refractivity (Wildman–Crippen MR) is 118 cm³/mol. The van der Waals surface area contributed by atoms with Crippen molar-refractivity contribution in [3.8, 4) is 0 Å². The van der Waals surface area contributed by atoms with Crippen molar-refractivity contribution in [1.29, 1.82) is 0 Å². The van der Waals surface area contributed by atoms with E-state index in [9.17, 15) is 39.6 Å². The summed E-state index contributed by atoms with van der Waals surface area (Å²) in [7, 11) is -4.48. The van der Waals surface area contributed by atoms with E-state index < -0.39 is 44.8 Å². The van der Waals surface area contributed by atoms with Crippen LogP contribution in [0.25, 0.3) is 10.9 Å². The van der Waals surface area contributed by atoms with Gasteiger partial charge in [0.05, 0.1) is 10.4 Å². The molecule has 1 aliphatic heterocycles. The number of carbonyl (C=O) groups is 1. The Kier molecular flexibility index (Phi) is 6.55. The van der Waals surface area contributed by atoms with Gasteiger partial charge in [0.15, 0.2) is 0 Å². The molecule has 1 saturated heterocycles. The Morgan fingerprint density at radius 1 is 1.03 bits per heavy atom. The number of alkyl halides is 5. The minimum Gasteiger partial charge on any atom is -0.367 e. The van der Waals surface area contributed by atoms with Gasteiger partial charge in [-0.1, -0.05) is 22.0 Å². The molecule has 0 bridgehead atoms. The number of piperazine rings is 1. The number of anilines is 1. The van der Waals surface area contributed by atoms with E-state index in [2.05, 4.69) is 15.9 Å². The van der Waals surface area contributed by atoms with Crippen molar-refractivity contribution in [1.82, 2.24) is 8.87 Å². The molecule has 188 valence electrons. The summed E-state index contributed by atoms with van der Waals surface area (Å²) in [6.45, 7) is -0.812. The number of halogens is 7. The summed E-state index contributed by atoms with van der Waals surface area (Å²) in [6, 6.07) is 6.86. The maximum atomic E-state index is 14.0. The Labute approximate surface area is 203 Å². The molecule has 3 aromatic rings. The van der Waals surface area contributed by atoms with Gasteiger partial charge in [0, 0.05) is 53.5 Å². The molecule has 14 heteroatoms. The lowest BCUT2D eigenvalue weighted by Gasteiger charge is -2.36. The molecule has 0 saturated carbocycles. The third kappa shape index (κ3) is 4.73. The second-order valence-corrected chi connectivity index (χ2v) is 10.5. The van der Waals surface area contributed by atoms with E-state index in [0.29, 0.717) is 13.3 Å².